The van der Waals surface area contributed by atoms with Crippen molar-refractivity contribution in [1.29, 1.82) is 0 Å². The van der Waals surface area contributed by atoms with Gasteiger partial charge >= 0.3 is 5.97 Å². The van der Waals surface area contributed by atoms with Gasteiger partial charge in [0.2, 0.25) is 0 Å². The van der Waals surface area contributed by atoms with E-state index in [9.17, 15) is 17.8 Å². The van der Waals surface area contributed by atoms with Crippen LogP contribution in [0.2, 0.25) is 0 Å². The van der Waals surface area contributed by atoms with Gasteiger partial charge in [0.1, 0.15) is 10.6 Å². The van der Waals surface area contributed by atoms with E-state index in [0.717, 1.165) is 10.7 Å². The molecule has 0 saturated carbocycles. The molecule has 9 heteroatoms. The molecule has 0 bridgehead atoms. The number of halogens is 3. The van der Waals surface area contributed by atoms with Gasteiger partial charge in [-0.05, 0) is 92.0 Å². The molecule has 0 aromatic heterocycles. The largest absolute Gasteiger partial charge is 0.422 e. The van der Waals surface area contributed by atoms with Gasteiger partial charge in [0, 0.05) is 21.5 Å². The number of esters is 1. The Labute approximate surface area is 190 Å². The Morgan fingerprint density at radius 1 is 0.885 bits per heavy atom. The van der Waals surface area contributed by atoms with Crippen molar-refractivity contribution in [3.05, 3.63) is 64.8 Å². The summed E-state index contributed by atoms with van der Waals surface area (Å²) in [6.07, 6.45) is 0. The van der Waals surface area contributed by atoms with Crippen molar-refractivity contribution < 1.29 is 22.5 Å². The molecule has 0 saturated heterocycles. The van der Waals surface area contributed by atoms with Crippen molar-refractivity contribution in [2.75, 3.05) is 0 Å². The first-order valence-electron chi connectivity index (χ1n) is 7.05. The average Bonchev–Trinajstić information content (AvgIpc) is 2.58. The minimum atomic E-state index is -4.39. The molecule has 134 valence electrons. The predicted octanol–water partition coefficient (Wildman–Crippen LogP) is 5.12. The van der Waals surface area contributed by atoms with Crippen molar-refractivity contribution in [3.8, 4) is 5.75 Å². The van der Waals surface area contributed by atoms with Crippen LogP contribution in [0.4, 0.5) is 0 Å². The molecule has 3 rings (SSSR count). The summed E-state index contributed by atoms with van der Waals surface area (Å²) in [6.45, 7) is 0. The molecule has 1 N–H and O–H groups in total. The van der Waals surface area contributed by atoms with Crippen LogP contribution in [0.3, 0.4) is 0 Å². The minimum absolute atomic E-state index is 0.225. The fourth-order valence-corrected chi connectivity index (χ4v) is 5.44. The summed E-state index contributed by atoms with van der Waals surface area (Å²) in [6, 6.07) is 12.9. The Balaban J connectivity index is 2.11. The van der Waals surface area contributed by atoms with Crippen LogP contribution < -0.4 is 4.74 Å². The first-order chi connectivity index (χ1) is 12.2. The van der Waals surface area contributed by atoms with E-state index in [1.54, 1.807) is 24.3 Å². The average molecular weight is 706 g/mol. The number of benzene rings is 3. The summed E-state index contributed by atoms with van der Waals surface area (Å²) in [5, 5.41) is 0.707. The van der Waals surface area contributed by atoms with E-state index < -0.39 is 16.1 Å². The van der Waals surface area contributed by atoms with Crippen LogP contribution in [0.15, 0.2) is 53.4 Å². The lowest BCUT2D eigenvalue weighted by Gasteiger charge is -2.12. The van der Waals surface area contributed by atoms with E-state index in [4.69, 9.17) is 4.74 Å². The van der Waals surface area contributed by atoms with Crippen molar-refractivity contribution in [2.45, 2.75) is 4.90 Å². The zero-order valence-electron chi connectivity index (χ0n) is 12.7. The topological polar surface area (TPSA) is 80.7 Å². The van der Waals surface area contributed by atoms with Crippen LogP contribution >= 0.6 is 67.8 Å². The van der Waals surface area contributed by atoms with Crippen LogP contribution in [0.25, 0.3) is 10.8 Å². The SMILES string of the molecule is O=C(Oc1ccc(S(=O)(=O)O)c2ccccc12)c1c(I)ccc(I)c1I. The molecule has 3 aromatic rings. The highest BCUT2D eigenvalue weighted by Gasteiger charge is 2.21. The second-order valence-corrected chi connectivity index (χ2v) is 9.98. The van der Waals surface area contributed by atoms with Crippen molar-refractivity contribution >= 4 is 94.6 Å². The zero-order valence-corrected chi connectivity index (χ0v) is 20.0. The fourth-order valence-electron chi connectivity index (χ4n) is 2.42. The monoisotopic (exact) mass is 706 g/mol. The van der Waals surface area contributed by atoms with Crippen molar-refractivity contribution in [3.63, 3.8) is 0 Å². The molecule has 0 radical (unpaired) electrons. The zero-order chi connectivity index (χ0) is 19.1. The maximum atomic E-state index is 12.7. The van der Waals surface area contributed by atoms with E-state index in [2.05, 4.69) is 67.8 Å². The van der Waals surface area contributed by atoms with E-state index in [1.807, 2.05) is 12.1 Å². The number of ether oxygens (including phenoxy) is 1. The van der Waals surface area contributed by atoms with E-state index >= 15 is 0 Å². The first kappa shape index (κ1) is 20.2. The first-order valence-corrected chi connectivity index (χ1v) is 11.7. The highest BCUT2D eigenvalue weighted by Crippen LogP contribution is 2.32. The van der Waals surface area contributed by atoms with Crippen LogP contribution in [0, 0.1) is 10.7 Å². The highest BCUT2D eigenvalue weighted by atomic mass is 127. The lowest BCUT2D eigenvalue weighted by atomic mass is 10.1. The molecule has 0 aliphatic heterocycles. The van der Waals surface area contributed by atoms with E-state index in [-0.39, 0.29) is 16.0 Å². The number of hydrogen-bond donors (Lipinski definition) is 1. The Kier molecular flexibility index (Phi) is 6.11. The summed E-state index contributed by atoms with van der Waals surface area (Å²) >= 11 is 6.32. The van der Waals surface area contributed by atoms with Crippen LogP contribution in [-0.4, -0.2) is 18.9 Å². The maximum Gasteiger partial charge on any atom is 0.345 e. The summed E-state index contributed by atoms with van der Waals surface area (Å²) < 4.78 is 40.6. The van der Waals surface area contributed by atoms with Gasteiger partial charge in [-0.15, -0.1) is 0 Å². The van der Waals surface area contributed by atoms with Gasteiger partial charge in [0.05, 0.1) is 5.56 Å². The summed E-state index contributed by atoms with van der Waals surface area (Å²) in [7, 11) is -4.39. The maximum absolute atomic E-state index is 12.7. The number of fused-ring (bicyclic) bond motifs is 1. The lowest BCUT2D eigenvalue weighted by Crippen LogP contribution is -2.13. The molecule has 0 fully saturated rings. The van der Waals surface area contributed by atoms with Crippen LogP contribution in [0.5, 0.6) is 5.75 Å². The second-order valence-electron chi connectivity index (χ2n) is 5.19. The van der Waals surface area contributed by atoms with Crippen LogP contribution in [0.1, 0.15) is 10.4 Å². The predicted molar refractivity (Wildman–Crippen MR) is 123 cm³/mol. The minimum Gasteiger partial charge on any atom is -0.422 e. The molecule has 0 spiro atoms. The van der Waals surface area contributed by atoms with Gasteiger partial charge in [-0.2, -0.15) is 8.42 Å². The van der Waals surface area contributed by atoms with Crippen molar-refractivity contribution in [1.82, 2.24) is 0 Å². The Bertz CT molecular complexity index is 1140. The summed E-state index contributed by atoms with van der Waals surface area (Å²) in [5.74, 6) is -0.300. The molecule has 0 amide bonds. The third kappa shape index (κ3) is 4.00. The highest BCUT2D eigenvalue weighted by molar-refractivity contribution is 14.1. The normalized spacial score (nSPS) is 11.5. The Hall–Kier alpha value is -0.510. The lowest BCUT2D eigenvalue weighted by molar-refractivity contribution is 0.0734. The molecule has 0 unspecified atom stereocenters. The van der Waals surface area contributed by atoms with E-state index in [0.29, 0.717) is 10.9 Å². The standard InChI is InChI=1S/C17H9I3O5S/c18-11-5-6-12(19)16(20)15(11)17(21)25-13-7-8-14(26(22,23)24)10-4-2-1-3-9(10)13/h1-8H,(H,22,23,24). The molecule has 0 aliphatic rings. The third-order valence-corrected chi connectivity index (χ3v) is 8.43. The Morgan fingerprint density at radius 3 is 2.15 bits per heavy atom. The molecular formula is C17H9I3O5S. The van der Waals surface area contributed by atoms with Crippen LogP contribution in [-0.2, 0) is 10.1 Å². The molecule has 0 aliphatic carbocycles. The quantitative estimate of drug-likeness (QED) is 0.135. The van der Waals surface area contributed by atoms with Gasteiger partial charge in [-0.3, -0.25) is 4.55 Å². The number of carbonyl (C=O) groups excluding carboxylic acids is 1. The van der Waals surface area contributed by atoms with Gasteiger partial charge in [0.15, 0.2) is 0 Å². The number of hydrogen-bond acceptors (Lipinski definition) is 4. The van der Waals surface area contributed by atoms with Gasteiger partial charge in [-0.1, -0.05) is 24.3 Å². The summed E-state index contributed by atoms with van der Waals surface area (Å²) in [5.41, 5.74) is 0.459. The summed E-state index contributed by atoms with van der Waals surface area (Å²) in [4.78, 5) is 12.5. The second kappa shape index (κ2) is 7.85. The fraction of sp³-hybridized carbons (Fsp3) is 0. The Morgan fingerprint density at radius 2 is 1.50 bits per heavy atom. The molecular weight excluding hydrogens is 697 g/mol. The van der Waals surface area contributed by atoms with Gasteiger partial charge in [0.25, 0.3) is 10.1 Å². The van der Waals surface area contributed by atoms with Gasteiger partial charge in [-0.25, -0.2) is 4.79 Å². The molecule has 0 heterocycles. The molecule has 5 nitrogen and oxygen atoms in total. The number of carbonyl (C=O) groups is 1. The van der Waals surface area contributed by atoms with Gasteiger partial charge < -0.3 is 4.74 Å². The molecule has 3 aromatic carbocycles. The number of rotatable bonds is 3. The van der Waals surface area contributed by atoms with Crippen molar-refractivity contribution in [2.24, 2.45) is 0 Å². The van der Waals surface area contributed by atoms with E-state index in [1.165, 1.54) is 12.1 Å². The smallest absolute Gasteiger partial charge is 0.345 e. The molecule has 26 heavy (non-hydrogen) atoms. The third-order valence-electron chi connectivity index (χ3n) is 3.57. The molecule has 0 atom stereocenters.